The number of ether oxygens (including phenoxy) is 4. The van der Waals surface area contributed by atoms with E-state index in [1.165, 1.54) is 0 Å². The number of phenols is 1. The van der Waals surface area contributed by atoms with E-state index >= 15 is 0 Å². The minimum atomic E-state index is -1.58. The Kier molecular flexibility index (Phi) is 7.57. The zero-order chi connectivity index (χ0) is 34.3. The molecule has 0 aromatic heterocycles. The van der Waals surface area contributed by atoms with Crippen LogP contribution < -0.4 is 9.47 Å². The molecule has 3 unspecified atom stereocenters. The molecule has 9 heteroatoms. The zero-order valence-corrected chi connectivity index (χ0v) is 28.4. The molecule has 3 heterocycles. The Morgan fingerprint density at radius 2 is 1.81 bits per heavy atom. The molecule has 9 nitrogen and oxygen atoms in total. The fourth-order valence-corrected chi connectivity index (χ4v) is 8.11. The van der Waals surface area contributed by atoms with Crippen molar-refractivity contribution in [3.63, 3.8) is 0 Å². The molecule has 7 rings (SSSR count). The summed E-state index contributed by atoms with van der Waals surface area (Å²) in [7, 11) is 0. The quantitative estimate of drug-likeness (QED) is 0.182. The van der Waals surface area contributed by atoms with Gasteiger partial charge < -0.3 is 29.2 Å². The maximum Gasteiger partial charge on any atom is 0.298 e. The van der Waals surface area contributed by atoms with E-state index < -0.39 is 39.7 Å². The summed E-state index contributed by atoms with van der Waals surface area (Å²) in [5.74, 6) is -0.907. The second kappa shape index (κ2) is 10.8. The van der Waals surface area contributed by atoms with E-state index in [9.17, 15) is 24.6 Å². The predicted molar refractivity (Wildman–Crippen MR) is 175 cm³/mol. The minimum Gasteiger partial charge on any atom is -0.506 e. The highest BCUT2D eigenvalue weighted by atomic mass is 16.6. The van der Waals surface area contributed by atoms with Crippen molar-refractivity contribution in [3.8, 4) is 17.2 Å². The van der Waals surface area contributed by atoms with Crippen molar-refractivity contribution >= 4 is 24.1 Å². The van der Waals surface area contributed by atoms with Crippen molar-refractivity contribution < 1.29 is 43.5 Å². The smallest absolute Gasteiger partial charge is 0.298 e. The number of hydrogen-bond donors (Lipinski definition) is 2. The van der Waals surface area contributed by atoms with Gasteiger partial charge in [-0.1, -0.05) is 29.9 Å². The zero-order valence-electron chi connectivity index (χ0n) is 28.4. The first-order valence-corrected chi connectivity index (χ1v) is 16.2. The van der Waals surface area contributed by atoms with Crippen LogP contribution >= 0.6 is 0 Å². The van der Waals surface area contributed by atoms with E-state index in [0.29, 0.717) is 53.9 Å². The third-order valence-electron chi connectivity index (χ3n) is 10.2. The van der Waals surface area contributed by atoms with E-state index in [4.69, 9.17) is 18.9 Å². The van der Waals surface area contributed by atoms with Crippen LogP contribution in [0.15, 0.2) is 53.4 Å². The number of phenolic OH excluding ortho intramolecular Hbond substituents is 1. The fraction of sp³-hybridized carbons (Fsp3) is 0.500. The summed E-state index contributed by atoms with van der Waals surface area (Å²) in [5, 5.41) is 22.0. The Bertz CT molecular complexity index is 1730. The van der Waals surface area contributed by atoms with Gasteiger partial charge in [0, 0.05) is 35.8 Å². The second-order valence-electron chi connectivity index (χ2n) is 15.0. The van der Waals surface area contributed by atoms with Gasteiger partial charge in [-0.05, 0) is 86.5 Å². The van der Waals surface area contributed by atoms with E-state index in [1.54, 1.807) is 45.1 Å². The average molecular weight is 645 g/mol. The van der Waals surface area contributed by atoms with E-state index in [0.717, 1.165) is 5.57 Å². The molecule has 1 saturated carbocycles. The van der Waals surface area contributed by atoms with Crippen molar-refractivity contribution in [2.45, 2.75) is 109 Å². The lowest BCUT2D eigenvalue weighted by Gasteiger charge is -2.56. The van der Waals surface area contributed by atoms with Gasteiger partial charge >= 0.3 is 0 Å². The molecule has 0 amide bonds. The first kappa shape index (κ1) is 33.0. The summed E-state index contributed by atoms with van der Waals surface area (Å²) >= 11 is 0. The lowest BCUT2D eigenvalue weighted by molar-refractivity contribution is -0.171. The summed E-state index contributed by atoms with van der Waals surface area (Å²) < 4.78 is 25.6. The molecule has 2 fully saturated rings. The van der Waals surface area contributed by atoms with Crippen molar-refractivity contribution in [2.75, 3.05) is 0 Å². The van der Waals surface area contributed by atoms with Crippen LogP contribution in [0.5, 0.6) is 17.2 Å². The molecule has 250 valence electrons. The van der Waals surface area contributed by atoms with Crippen molar-refractivity contribution in [1.29, 1.82) is 0 Å². The highest BCUT2D eigenvalue weighted by molar-refractivity contribution is 6.19. The third kappa shape index (κ3) is 4.92. The number of carbonyl (C=O) groups is 3. The molecule has 2 N–H and O–H groups in total. The number of aliphatic hydroxyl groups is 1. The Labute approximate surface area is 275 Å². The van der Waals surface area contributed by atoms with Gasteiger partial charge in [-0.15, -0.1) is 0 Å². The van der Waals surface area contributed by atoms with Gasteiger partial charge in [-0.3, -0.25) is 14.4 Å². The molecular formula is C38H44O9. The maximum absolute atomic E-state index is 14.7. The van der Waals surface area contributed by atoms with E-state index in [1.807, 2.05) is 52.8 Å². The molecule has 5 atom stereocenters. The number of allylic oxidation sites excluding steroid dienone is 4. The lowest BCUT2D eigenvalue weighted by Crippen LogP contribution is -2.72. The van der Waals surface area contributed by atoms with Gasteiger partial charge in [-0.25, -0.2) is 0 Å². The maximum atomic E-state index is 14.7. The van der Waals surface area contributed by atoms with Crippen LogP contribution in [0.3, 0.4) is 0 Å². The van der Waals surface area contributed by atoms with Crippen LogP contribution in [0, 0.1) is 11.8 Å². The molecule has 4 bridgehead atoms. The number of aromatic hydroxyl groups is 1. The van der Waals surface area contributed by atoms with E-state index in [-0.39, 0.29) is 35.2 Å². The Morgan fingerprint density at radius 1 is 1.09 bits per heavy atom. The van der Waals surface area contributed by atoms with Crippen molar-refractivity contribution in [1.82, 2.24) is 0 Å². The lowest BCUT2D eigenvalue weighted by atomic mass is 9.51. The molecule has 6 aliphatic rings. The van der Waals surface area contributed by atoms with Crippen LogP contribution in [-0.4, -0.2) is 56.3 Å². The summed E-state index contributed by atoms with van der Waals surface area (Å²) in [6, 6.07) is 0. The van der Waals surface area contributed by atoms with Gasteiger partial charge in [0.05, 0.1) is 16.8 Å². The van der Waals surface area contributed by atoms with Crippen LogP contribution in [0.25, 0.3) is 6.08 Å². The predicted octanol–water partition coefficient (Wildman–Crippen LogP) is 6.26. The van der Waals surface area contributed by atoms with Gasteiger partial charge in [0.25, 0.3) is 6.47 Å². The van der Waals surface area contributed by atoms with Gasteiger partial charge in [0.1, 0.15) is 34.2 Å². The summed E-state index contributed by atoms with van der Waals surface area (Å²) in [6.45, 7) is 15.0. The standard InChI is InChI=1S/C38H44O9/c1-21(2)10-11-25-31-24(13-16-36(8,45-31)15-9-14-34(4,5)43)29(40)28-30(41)26-18-23-19-27-35(6,7)47-37(33(23)42,17-12-22(3)44-20-39)38(26,27)46-32(25)28/h9-10,12-14,16,18,20,23,27,40,43H,11,15,17,19H2,1-8H3/t23?,27?,36-,37?,38-/m1/s1. The number of carbonyl (C=O) groups excluding carboxylic acids is 3. The molecule has 0 radical (unpaired) electrons. The fourth-order valence-electron chi connectivity index (χ4n) is 8.11. The van der Waals surface area contributed by atoms with Crippen molar-refractivity contribution in [2.24, 2.45) is 11.8 Å². The number of fused-ring (bicyclic) bond motifs is 2. The highest BCUT2D eigenvalue weighted by Crippen LogP contribution is 2.68. The average Bonchev–Trinajstić information content (AvgIpc) is 3.12. The van der Waals surface area contributed by atoms with Crippen molar-refractivity contribution in [3.05, 3.63) is 70.1 Å². The number of rotatable bonds is 9. The van der Waals surface area contributed by atoms with Gasteiger partial charge in [-0.2, -0.15) is 0 Å². The number of ketones is 2. The molecule has 1 aromatic carbocycles. The Hall–Kier alpha value is -3.95. The molecule has 3 aliphatic carbocycles. The first-order chi connectivity index (χ1) is 21.9. The number of hydrogen-bond acceptors (Lipinski definition) is 9. The minimum absolute atomic E-state index is 0.0208. The van der Waals surface area contributed by atoms with E-state index in [2.05, 4.69) is 0 Å². The summed E-state index contributed by atoms with van der Waals surface area (Å²) in [6.07, 6.45) is 13.8. The molecule has 1 spiro atoms. The Morgan fingerprint density at radius 3 is 2.47 bits per heavy atom. The van der Waals surface area contributed by atoms with Gasteiger partial charge in [0.15, 0.2) is 22.8 Å². The summed E-state index contributed by atoms with van der Waals surface area (Å²) in [4.78, 5) is 40.1. The van der Waals surface area contributed by atoms with Crippen LogP contribution in [-0.2, 0) is 25.5 Å². The second-order valence-corrected chi connectivity index (χ2v) is 15.0. The van der Waals surface area contributed by atoms with Crippen LogP contribution in [0.1, 0.15) is 96.1 Å². The SMILES string of the molecule is CC(C)=CCc1c2c(c(O)c3c1O[C@]14C(=CC5CC1C(C)(C)OC4(CC=C(C)OC=O)C5=O)C3=O)C=C[C@@](C)(CC=CC(C)(C)O)O2. The topological polar surface area (TPSA) is 129 Å². The highest BCUT2D eigenvalue weighted by Gasteiger charge is 2.81. The number of benzene rings is 1. The molecular weight excluding hydrogens is 600 g/mol. The Balaban J connectivity index is 1.57. The first-order valence-electron chi connectivity index (χ1n) is 16.2. The molecule has 47 heavy (non-hydrogen) atoms. The summed E-state index contributed by atoms with van der Waals surface area (Å²) in [5.41, 5.74) is -3.39. The molecule has 1 saturated heterocycles. The number of Topliss-reactive ketones (excluding diaryl/α,β-unsaturated/α-hetero) is 2. The molecule has 3 aliphatic heterocycles. The third-order valence-corrected chi connectivity index (χ3v) is 10.2. The monoisotopic (exact) mass is 644 g/mol. The van der Waals surface area contributed by atoms with Gasteiger partial charge in [0.2, 0.25) is 0 Å². The van der Waals surface area contributed by atoms with Crippen LogP contribution in [0.4, 0.5) is 0 Å². The molecule has 1 aromatic rings. The normalized spacial score (nSPS) is 31.4. The largest absolute Gasteiger partial charge is 0.506 e. The van der Waals surface area contributed by atoms with Crippen LogP contribution in [0.2, 0.25) is 0 Å².